The molecule has 1 aliphatic heterocycles. The van der Waals surface area contributed by atoms with Gasteiger partial charge in [-0.15, -0.1) is 0 Å². The second-order valence-corrected chi connectivity index (χ2v) is 3.51. The molecule has 13 heavy (non-hydrogen) atoms. The molecule has 1 heterocycles. The standard InChI is InChI=1S/C11H16N2/c1-12-8-10-5-2-4-9-6-3-7-13-11(9)10/h2,4-5,12-13H,3,6-8H2,1H3. The van der Waals surface area contributed by atoms with Gasteiger partial charge in [-0.3, -0.25) is 0 Å². The molecule has 0 amide bonds. The van der Waals surface area contributed by atoms with Crippen LogP contribution in [0.5, 0.6) is 0 Å². The Bertz CT molecular complexity index is 294. The van der Waals surface area contributed by atoms with Crippen molar-refractivity contribution in [3.05, 3.63) is 29.3 Å². The van der Waals surface area contributed by atoms with Crippen LogP contribution < -0.4 is 10.6 Å². The number of anilines is 1. The van der Waals surface area contributed by atoms with Crippen molar-refractivity contribution < 1.29 is 0 Å². The zero-order valence-electron chi connectivity index (χ0n) is 8.06. The fourth-order valence-electron chi connectivity index (χ4n) is 1.92. The molecule has 0 aliphatic carbocycles. The molecule has 70 valence electrons. The summed E-state index contributed by atoms with van der Waals surface area (Å²) in [5.41, 5.74) is 4.22. The summed E-state index contributed by atoms with van der Waals surface area (Å²) in [5, 5.41) is 6.67. The number of aryl methyl sites for hydroxylation is 1. The fraction of sp³-hybridized carbons (Fsp3) is 0.455. The van der Waals surface area contributed by atoms with E-state index < -0.39 is 0 Å². The van der Waals surface area contributed by atoms with E-state index in [9.17, 15) is 0 Å². The highest BCUT2D eigenvalue weighted by Gasteiger charge is 2.10. The van der Waals surface area contributed by atoms with Crippen LogP contribution in [0, 0.1) is 0 Å². The molecular weight excluding hydrogens is 160 g/mol. The average molecular weight is 176 g/mol. The van der Waals surface area contributed by atoms with Gasteiger partial charge in [-0.2, -0.15) is 0 Å². The van der Waals surface area contributed by atoms with Gasteiger partial charge >= 0.3 is 0 Å². The lowest BCUT2D eigenvalue weighted by Gasteiger charge is -2.21. The summed E-state index contributed by atoms with van der Waals surface area (Å²) in [6.07, 6.45) is 2.48. The summed E-state index contributed by atoms with van der Waals surface area (Å²) >= 11 is 0. The summed E-state index contributed by atoms with van der Waals surface area (Å²) in [5.74, 6) is 0. The molecule has 2 rings (SSSR count). The maximum Gasteiger partial charge on any atom is 0.0418 e. The van der Waals surface area contributed by atoms with Crippen molar-refractivity contribution >= 4 is 5.69 Å². The molecule has 0 bridgehead atoms. The van der Waals surface area contributed by atoms with Crippen molar-refractivity contribution in [2.24, 2.45) is 0 Å². The molecule has 0 unspecified atom stereocenters. The van der Waals surface area contributed by atoms with Crippen molar-refractivity contribution in [2.75, 3.05) is 18.9 Å². The van der Waals surface area contributed by atoms with E-state index >= 15 is 0 Å². The van der Waals surface area contributed by atoms with E-state index in [-0.39, 0.29) is 0 Å². The first-order chi connectivity index (χ1) is 6.42. The zero-order chi connectivity index (χ0) is 9.10. The van der Waals surface area contributed by atoms with Crippen molar-refractivity contribution in [1.29, 1.82) is 0 Å². The highest BCUT2D eigenvalue weighted by molar-refractivity contribution is 5.59. The number of benzene rings is 1. The van der Waals surface area contributed by atoms with E-state index in [1.807, 2.05) is 7.05 Å². The summed E-state index contributed by atoms with van der Waals surface area (Å²) in [6, 6.07) is 6.56. The van der Waals surface area contributed by atoms with Crippen LogP contribution in [0.15, 0.2) is 18.2 Å². The molecule has 0 atom stereocenters. The van der Waals surface area contributed by atoms with Crippen LogP contribution >= 0.6 is 0 Å². The van der Waals surface area contributed by atoms with Crippen LogP contribution in [0.3, 0.4) is 0 Å². The highest BCUT2D eigenvalue weighted by atomic mass is 14.9. The Morgan fingerprint density at radius 3 is 3.23 bits per heavy atom. The van der Waals surface area contributed by atoms with Gasteiger partial charge in [-0.25, -0.2) is 0 Å². The Labute approximate surface area is 79.4 Å². The third-order valence-electron chi connectivity index (χ3n) is 2.53. The third kappa shape index (κ3) is 1.68. The smallest absolute Gasteiger partial charge is 0.0418 e. The zero-order valence-corrected chi connectivity index (χ0v) is 8.06. The molecule has 0 fully saturated rings. The predicted octanol–water partition coefficient (Wildman–Crippen LogP) is 1.76. The van der Waals surface area contributed by atoms with Crippen LogP contribution in [-0.4, -0.2) is 13.6 Å². The first-order valence-corrected chi connectivity index (χ1v) is 4.91. The molecule has 1 aliphatic rings. The molecular formula is C11H16N2. The molecule has 0 radical (unpaired) electrons. The molecule has 2 N–H and O–H groups in total. The topological polar surface area (TPSA) is 24.1 Å². The van der Waals surface area contributed by atoms with E-state index in [0.29, 0.717) is 0 Å². The monoisotopic (exact) mass is 176 g/mol. The van der Waals surface area contributed by atoms with Gasteiger partial charge < -0.3 is 10.6 Å². The van der Waals surface area contributed by atoms with Crippen molar-refractivity contribution in [3.8, 4) is 0 Å². The molecule has 2 nitrogen and oxygen atoms in total. The number of hydrogen-bond donors (Lipinski definition) is 2. The number of para-hydroxylation sites is 1. The SMILES string of the molecule is CNCc1cccc2c1NCCC2. The van der Waals surface area contributed by atoms with E-state index in [1.165, 1.54) is 29.7 Å². The summed E-state index contributed by atoms with van der Waals surface area (Å²) in [4.78, 5) is 0. The van der Waals surface area contributed by atoms with E-state index in [4.69, 9.17) is 0 Å². The Kier molecular flexibility index (Phi) is 2.50. The first-order valence-electron chi connectivity index (χ1n) is 4.91. The van der Waals surface area contributed by atoms with Gasteiger partial charge in [0.1, 0.15) is 0 Å². The molecule has 2 heteroatoms. The third-order valence-corrected chi connectivity index (χ3v) is 2.53. The van der Waals surface area contributed by atoms with E-state index in [1.54, 1.807) is 0 Å². The number of fused-ring (bicyclic) bond motifs is 1. The van der Waals surface area contributed by atoms with Gasteiger partial charge in [-0.05, 0) is 31.0 Å². The Morgan fingerprint density at radius 1 is 1.46 bits per heavy atom. The maximum absolute atomic E-state index is 3.48. The first kappa shape index (κ1) is 8.57. The Morgan fingerprint density at radius 2 is 2.38 bits per heavy atom. The molecule has 1 aromatic rings. The quantitative estimate of drug-likeness (QED) is 0.717. The summed E-state index contributed by atoms with van der Waals surface area (Å²) in [6.45, 7) is 2.07. The largest absolute Gasteiger partial charge is 0.385 e. The van der Waals surface area contributed by atoms with Crippen LogP contribution in [0.2, 0.25) is 0 Å². The normalized spacial score (nSPS) is 14.8. The average Bonchev–Trinajstić information content (AvgIpc) is 2.19. The van der Waals surface area contributed by atoms with Crippen molar-refractivity contribution in [3.63, 3.8) is 0 Å². The predicted molar refractivity (Wildman–Crippen MR) is 56.0 cm³/mol. The highest BCUT2D eigenvalue weighted by Crippen LogP contribution is 2.25. The summed E-state index contributed by atoms with van der Waals surface area (Å²) in [7, 11) is 1.99. The number of hydrogen-bond acceptors (Lipinski definition) is 2. The fourth-order valence-corrected chi connectivity index (χ4v) is 1.92. The second-order valence-electron chi connectivity index (χ2n) is 3.51. The minimum Gasteiger partial charge on any atom is -0.385 e. The van der Waals surface area contributed by atoms with Gasteiger partial charge in [-0.1, -0.05) is 18.2 Å². The van der Waals surface area contributed by atoms with Gasteiger partial charge in [0, 0.05) is 18.8 Å². The lowest BCUT2D eigenvalue weighted by atomic mass is 9.99. The van der Waals surface area contributed by atoms with Crippen LogP contribution in [0.1, 0.15) is 17.5 Å². The van der Waals surface area contributed by atoms with Gasteiger partial charge in [0.15, 0.2) is 0 Å². The van der Waals surface area contributed by atoms with Gasteiger partial charge in [0.05, 0.1) is 0 Å². The van der Waals surface area contributed by atoms with E-state index in [2.05, 4.69) is 28.8 Å². The Balaban J connectivity index is 2.34. The van der Waals surface area contributed by atoms with Crippen LogP contribution in [0.4, 0.5) is 5.69 Å². The molecule has 1 aromatic carbocycles. The molecule has 0 aromatic heterocycles. The van der Waals surface area contributed by atoms with E-state index in [0.717, 1.165) is 13.1 Å². The minimum absolute atomic E-state index is 0.955. The number of rotatable bonds is 2. The van der Waals surface area contributed by atoms with Crippen LogP contribution in [-0.2, 0) is 13.0 Å². The molecule has 0 saturated carbocycles. The molecule has 0 spiro atoms. The van der Waals surface area contributed by atoms with Crippen LogP contribution in [0.25, 0.3) is 0 Å². The number of nitrogens with one attached hydrogen (secondary N) is 2. The molecule has 0 saturated heterocycles. The maximum atomic E-state index is 3.48. The van der Waals surface area contributed by atoms with Gasteiger partial charge in [0.2, 0.25) is 0 Å². The lowest BCUT2D eigenvalue weighted by Crippen LogP contribution is -2.16. The van der Waals surface area contributed by atoms with Crippen molar-refractivity contribution in [2.45, 2.75) is 19.4 Å². The minimum atomic E-state index is 0.955. The summed E-state index contributed by atoms with van der Waals surface area (Å²) < 4.78 is 0. The Hall–Kier alpha value is -1.02. The van der Waals surface area contributed by atoms with Gasteiger partial charge in [0.25, 0.3) is 0 Å². The second kappa shape index (κ2) is 3.79. The lowest BCUT2D eigenvalue weighted by molar-refractivity contribution is 0.791. The van der Waals surface area contributed by atoms with Crippen molar-refractivity contribution in [1.82, 2.24) is 5.32 Å².